The zero-order valence-electron chi connectivity index (χ0n) is 25.7. The molecule has 18 heteroatoms. The van der Waals surface area contributed by atoms with Crippen molar-refractivity contribution < 1.29 is 14.3 Å². The highest BCUT2D eigenvalue weighted by Crippen LogP contribution is 2.37. The monoisotopic (exact) mass is 783 g/mol. The quantitative estimate of drug-likeness (QED) is 0.0397. The van der Waals surface area contributed by atoms with Gasteiger partial charge in [0.2, 0.25) is 0 Å². The van der Waals surface area contributed by atoms with Crippen LogP contribution in [0.2, 0.25) is 5.02 Å². The average Bonchev–Trinajstić information content (AvgIpc) is 3.53. The van der Waals surface area contributed by atoms with E-state index in [0.717, 1.165) is 16.3 Å². The fraction of sp³-hybridized carbons (Fsp3) is 0.226. The van der Waals surface area contributed by atoms with Crippen LogP contribution in [-0.4, -0.2) is 47.7 Å². The van der Waals surface area contributed by atoms with Gasteiger partial charge >= 0.3 is 5.97 Å². The Kier molecular flexibility index (Phi) is 18.6. The van der Waals surface area contributed by atoms with Crippen LogP contribution in [0.3, 0.4) is 0 Å². The molecule has 1 atom stereocenters. The minimum atomic E-state index is -0.790. The van der Waals surface area contributed by atoms with Crippen LogP contribution in [0.4, 0.5) is 5.82 Å². The standard InChI is InChI=1S/C31H30ClN9O3S2.3ClH/c32-20-7-3-19(4-8-20)28-40-21(16-45-28)17-46-29-24(15-34)26(23(14-33)27(36)41-29)18-5-9-22(10-6-18)43-12-13-44-30(42)25(35)2-1-11-39-31(37)38;;;/h3-10,16,25H,1-2,11-13,17,35H2,(H2,36,41)(H4,37,38,39);3*1H/t25-;;;/m0.../s1. The number of thiazole rings is 1. The number of aliphatic imine (C=N–C) groups is 1. The lowest BCUT2D eigenvalue weighted by Crippen LogP contribution is -2.33. The number of aromatic nitrogens is 2. The van der Waals surface area contributed by atoms with Crippen molar-refractivity contribution in [3.63, 3.8) is 0 Å². The first-order valence-electron chi connectivity index (χ1n) is 13.9. The number of hydrogen-bond acceptors (Lipinski definition) is 12. The molecule has 0 aliphatic heterocycles. The summed E-state index contributed by atoms with van der Waals surface area (Å²) in [5.74, 6) is 0.401. The number of halogens is 4. The average molecular weight is 786 g/mol. The van der Waals surface area contributed by atoms with Crippen molar-refractivity contribution in [1.29, 1.82) is 10.5 Å². The minimum absolute atomic E-state index is 0. The molecule has 2 aromatic heterocycles. The Morgan fingerprint density at radius 1 is 0.980 bits per heavy atom. The van der Waals surface area contributed by atoms with E-state index in [1.807, 2.05) is 29.6 Å². The van der Waals surface area contributed by atoms with Crippen LogP contribution in [0.5, 0.6) is 5.75 Å². The highest BCUT2D eigenvalue weighted by Gasteiger charge is 2.21. The maximum Gasteiger partial charge on any atom is 0.323 e. The summed E-state index contributed by atoms with van der Waals surface area (Å²) in [4.78, 5) is 25.0. The molecular formula is C31H33Cl4N9O3S2. The number of benzene rings is 2. The van der Waals surface area contributed by atoms with Gasteiger partial charge in [-0.1, -0.05) is 47.6 Å². The third-order valence-electron chi connectivity index (χ3n) is 6.43. The number of anilines is 1. The number of guanidine groups is 1. The molecule has 4 aromatic rings. The fourth-order valence-corrected chi connectivity index (χ4v) is 6.14. The van der Waals surface area contributed by atoms with Gasteiger partial charge in [-0.25, -0.2) is 9.97 Å². The molecule has 2 heterocycles. The van der Waals surface area contributed by atoms with Crippen LogP contribution < -0.4 is 27.7 Å². The summed E-state index contributed by atoms with van der Waals surface area (Å²) in [6, 6.07) is 17.8. The normalized spacial score (nSPS) is 10.5. The Labute approximate surface area is 315 Å². The maximum atomic E-state index is 12.1. The van der Waals surface area contributed by atoms with Crippen LogP contribution in [0.25, 0.3) is 21.7 Å². The van der Waals surface area contributed by atoms with E-state index in [-0.39, 0.29) is 73.3 Å². The third kappa shape index (κ3) is 12.1. The van der Waals surface area contributed by atoms with Gasteiger partial charge in [0.25, 0.3) is 0 Å². The van der Waals surface area contributed by atoms with Crippen LogP contribution in [-0.2, 0) is 15.3 Å². The van der Waals surface area contributed by atoms with Gasteiger partial charge in [0.15, 0.2) is 5.96 Å². The molecule has 0 saturated heterocycles. The van der Waals surface area contributed by atoms with E-state index in [4.69, 9.17) is 49.0 Å². The number of pyridine rings is 1. The van der Waals surface area contributed by atoms with Crippen molar-refractivity contribution in [2.45, 2.75) is 29.7 Å². The van der Waals surface area contributed by atoms with Gasteiger partial charge in [0, 0.05) is 33.8 Å². The molecule has 49 heavy (non-hydrogen) atoms. The molecule has 0 spiro atoms. The Balaban J connectivity index is 0.00000400. The lowest BCUT2D eigenvalue weighted by Gasteiger charge is -2.14. The van der Waals surface area contributed by atoms with E-state index in [9.17, 15) is 15.3 Å². The van der Waals surface area contributed by atoms with Crippen molar-refractivity contribution >= 4 is 89.7 Å². The van der Waals surface area contributed by atoms with Crippen molar-refractivity contribution in [3.8, 4) is 39.6 Å². The predicted octanol–water partition coefficient (Wildman–Crippen LogP) is 5.71. The molecule has 0 radical (unpaired) electrons. The first-order valence-corrected chi connectivity index (χ1v) is 16.1. The molecule has 4 rings (SSSR count). The molecule has 8 N–H and O–H groups in total. The number of carbonyl (C=O) groups is 1. The van der Waals surface area contributed by atoms with E-state index < -0.39 is 12.0 Å². The third-order valence-corrected chi connectivity index (χ3v) is 8.63. The molecular weight excluding hydrogens is 752 g/mol. The lowest BCUT2D eigenvalue weighted by molar-refractivity contribution is -0.146. The zero-order valence-corrected chi connectivity index (χ0v) is 30.5. The number of esters is 1. The first-order chi connectivity index (χ1) is 22.2. The molecule has 260 valence electrons. The van der Waals surface area contributed by atoms with Crippen LogP contribution in [0.1, 0.15) is 29.7 Å². The van der Waals surface area contributed by atoms with Gasteiger partial charge in [-0.3, -0.25) is 9.79 Å². The Morgan fingerprint density at radius 3 is 2.27 bits per heavy atom. The van der Waals surface area contributed by atoms with Crippen LogP contribution in [0, 0.1) is 22.7 Å². The number of nitriles is 2. The molecule has 2 aromatic carbocycles. The van der Waals surface area contributed by atoms with E-state index in [1.165, 1.54) is 23.1 Å². The van der Waals surface area contributed by atoms with E-state index in [2.05, 4.69) is 22.1 Å². The summed E-state index contributed by atoms with van der Waals surface area (Å²) in [6.45, 7) is 0.471. The summed E-state index contributed by atoms with van der Waals surface area (Å²) in [6.07, 6.45) is 0.919. The number of ether oxygens (including phenoxy) is 2. The van der Waals surface area contributed by atoms with Gasteiger partial charge in [-0.2, -0.15) is 10.5 Å². The molecule has 0 fully saturated rings. The lowest BCUT2D eigenvalue weighted by atomic mass is 9.97. The summed E-state index contributed by atoms with van der Waals surface area (Å²) < 4.78 is 10.9. The van der Waals surface area contributed by atoms with Gasteiger partial charge < -0.3 is 32.4 Å². The van der Waals surface area contributed by atoms with Crippen LogP contribution in [0.15, 0.2) is 63.9 Å². The highest BCUT2D eigenvalue weighted by molar-refractivity contribution is 7.98. The SMILES string of the molecule is Cl.Cl.Cl.N#Cc1c(N)nc(SCc2csc(-c3ccc(Cl)cc3)n2)c(C#N)c1-c1ccc(OCCOC(=O)[C@@H](N)CCCN=C(N)N)cc1. The Hall–Kier alpha value is -3.99. The Bertz CT molecular complexity index is 1790. The van der Waals surface area contributed by atoms with Crippen LogP contribution >= 0.6 is 71.9 Å². The summed E-state index contributed by atoms with van der Waals surface area (Å²) >= 11 is 8.82. The minimum Gasteiger partial charge on any atom is -0.490 e. The first kappa shape index (κ1) is 43.0. The number of nitrogens with zero attached hydrogens (tertiary/aromatic N) is 5. The zero-order chi connectivity index (χ0) is 33.1. The number of thioether (sulfide) groups is 1. The topological polar surface area (TPSA) is 225 Å². The summed E-state index contributed by atoms with van der Waals surface area (Å²) in [5.41, 5.74) is 25.7. The van der Waals surface area contributed by atoms with E-state index in [0.29, 0.717) is 52.1 Å². The maximum absolute atomic E-state index is 12.1. The molecule has 0 saturated carbocycles. The molecule has 0 amide bonds. The van der Waals surface area contributed by atoms with Gasteiger partial charge in [-0.15, -0.1) is 48.6 Å². The van der Waals surface area contributed by atoms with Gasteiger partial charge in [0.05, 0.1) is 11.3 Å². The van der Waals surface area contributed by atoms with Crippen molar-refractivity contribution in [3.05, 3.63) is 75.8 Å². The Morgan fingerprint density at radius 2 is 1.63 bits per heavy atom. The number of hydrogen-bond donors (Lipinski definition) is 4. The highest BCUT2D eigenvalue weighted by atomic mass is 35.5. The number of nitrogen functional groups attached to an aromatic ring is 1. The second-order valence-electron chi connectivity index (χ2n) is 9.69. The van der Waals surface area contributed by atoms with Crippen molar-refractivity contribution in [2.75, 3.05) is 25.5 Å². The summed E-state index contributed by atoms with van der Waals surface area (Å²) in [5, 5.41) is 23.9. The summed E-state index contributed by atoms with van der Waals surface area (Å²) in [7, 11) is 0. The predicted molar refractivity (Wildman–Crippen MR) is 202 cm³/mol. The molecule has 0 aliphatic carbocycles. The van der Waals surface area contributed by atoms with Crippen molar-refractivity contribution in [1.82, 2.24) is 9.97 Å². The molecule has 0 unspecified atom stereocenters. The van der Waals surface area contributed by atoms with E-state index >= 15 is 0 Å². The number of nitrogens with two attached hydrogens (primary N) is 4. The van der Waals surface area contributed by atoms with E-state index in [1.54, 1.807) is 24.3 Å². The molecule has 0 bridgehead atoms. The smallest absolute Gasteiger partial charge is 0.323 e. The number of rotatable bonds is 14. The molecule has 12 nitrogen and oxygen atoms in total. The van der Waals surface area contributed by atoms with Crippen molar-refractivity contribution in [2.24, 2.45) is 22.2 Å². The van der Waals surface area contributed by atoms with Gasteiger partial charge in [0.1, 0.15) is 58.6 Å². The second kappa shape index (κ2) is 21.2. The number of carbonyl (C=O) groups excluding carboxylic acids is 1. The fourth-order valence-electron chi connectivity index (χ4n) is 4.20. The second-order valence-corrected chi connectivity index (χ2v) is 11.9. The van der Waals surface area contributed by atoms with Gasteiger partial charge in [-0.05, 0) is 42.7 Å². The molecule has 0 aliphatic rings. The largest absolute Gasteiger partial charge is 0.490 e.